The number of Topliss-reactive ketones (excluding diaryl/α,β-unsaturated/α-hetero) is 1. The van der Waals surface area contributed by atoms with E-state index in [1.54, 1.807) is 13.0 Å². The number of hydrogen-bond acceptors (Lipinski definition) is 5. The zero-order chi connectivity index (χ0) is 23.5. The third-order valence-electron chi connectivity index (χ3n) is 5.13. The van der Waals surface area contributed by atoms with E-state index in [2.05, 4.69) is 30.1 Å². The average Bonchev–Trinajstić information content (AvgIpc) is 2.82. The third kappa shape index (κ3) is 7.56. The quantitative estimate of drug-likeness (QED) is 0.275. The molecule has 0 saturated carbocycles. The van der Waals surface area contributed by atoms with E-state index in [0.717, 1.165) is 38.2 Å². The smallest absolute Gasteiger partial charge is 0.189 e. The van der Waals surface area contributed by atoms with Gasteiger partial charge in [0.1, 0.15) is 5.82 Å². The zero-order valence-corrected chi connectivity index (χ0v) is 19.5. The second-order valence-corrected chi connectivity index (χ2v) is 8.03. The summed E-state index contributed by atoms with van der Waals surface area (Å²) >= 11 is 6.44. The van der Waals surface area contributed by atoms with Gasteiger partial charge in [0, 0.05) is 49.7 Å². The van der Waals surface area contributed by atoms with E-state index < -0.39 is 0 Å². The van der Waals surface area contributed by atoms with Gasteiger partial charge in [-0.2, -0.15) is 0 Å². The van der Waals surface area contributed by atoms with E-state index in [1.807, 2.05) is 42.3 Å². The summed E-state index contributed by atoms with van der Waals surface area (Å²) in [5, 5.41) is 0.153. The van der Waals surface area contributed by atoms with Crippen molar-refractivity contribution in [3.63, 3.8) is 0 Å². The van der Waals surface area contributed by atoms with E-state index in [0.29, 0.717) is 22.9 Å². The summed E-state index contributed by atoms with van der Waals surface area (Å²) < 4.78 is 5.40. The molecule has 1 aromatic rings. The molecule has 168 valence electrons. The molecule has 1 fully saturated rings. The Morgan fingerprint density at radius 1 is 1.34 bits per heavy atom. The molecule has 0 aliphatic carbocycles. The van der Waals surface area contributed by atoms with Crippen LogP contribution in [0.25, 0.3) is 0 Å². The molecule has 0 atom stereocenters. The number of carbonyl (C=O) groups is 1. The van der Waals surface area contributed by atoms with Crippen LogP contribution in [0.3, 0.4) is 0 Å². The lowest BCUT2D eigenvalue weighted by atomic mass is 9.99. The minimum atomic E-state index is -0.311. The molecule has 1 aliphatic heterocycles. The minimum Gasteiger partial charge on any atom is -0.384 e. The van der Waals surface area contributed by atoms with E-state index in [1.165, 1.54) is 6.20 Å². The highest BCUT2D eigenvalue weighted by atomic mass is 35.5. The normalized spacial score (nSPS) is 15.8. The molecule has 1 heterocycles. The summed E-state index contributed by atoms with van der Waals surface area (Å²) in [6.07, 6.45) is 5.11. The second-order valence-electron chi connectivity index (χ2n) is 7.65. The maximum absolute atomic E-state index is 12.9. The molecular formula is C26H30ClN3O2. The van der Waals surface area contributed by atoms with Gasteiger partial charge >= 0.3 is 0 Å². The average molecular weight is 452 g/mol. The summed E-state index contributed by atoms with van der Waals surface area (Å²) in [5.41, 5.74) is 8.20. The first-order valence-electron chi connectivity index (χ1n) is 10.4. The van der Waals surface area contributed by atoms with Crippen LogP contribution < -0.4 is 5.73 Å². The van der Waals surface area contributed by atoms with E-state index in [9.17, 15) is 4.79 Å². The van der Waals surface area contributed by atoms with Crippen LogP contribution >= 0.6 is 11.6 Å². The Bertz CT molecular complexity index is 991. The van der Waals surface area contributed by atoms with Gasteiger partial charge in [-0.3, -0.25) is 9.79 Å². The first-order chi connectivity index (χ1) is 15.3. The number of benzene rings is 1. The fourth-order valence-electron chi connectivity index (χ4n) is 3.24. The maximum atomic E-state index is 12.9. The van der Waals surface area contributed by atoms with Crippen molar-refractivity contribution < 1.29 is 9.53 Å². The summed E-state index contributed by atoms with van der Waals surface area (Å²) in [7, 11) is 1.86. The Balaban J connectivity index is 2.14. The van der Waals surface area contributed by atoms with Gasteiger partial charge in [0.15, 0.2) is 5.78 Å². The predicted octanol–water partition coefficient (Wildman–Crippen LogP) is 4.42. The number of hydrogen-bond donors (Lipinski definition) is 1. The lowest BCUT2D eigenvalue weighted by molar-refractivity contribution is -0.111. The van der Waals surface area contributed by atoms with Crippen LogP contribution in [-0.4, -0.2) is 44.2 Å². The molecule has 32 heavy (non-hydrogen) atoms. The topological polar surface area (TPSA) is 67.9 Å². The van der Waals surface area contributed by atoms with Gasteiger partial charge in [0.2, 0.25) is 0 Å². The summed E-state index contributed by atoms with van der Waals surface area (Å²) in [6.45, 7) is 11.3. The molecule has 0 spiro atoms. The van der Waals surface area contributed by atoms with Crippen molar-refractivity contribution in [1.82, 2.24) is 4.90 Å². The molecule has 1 aromatic carbocycles. The van der Waals surface area contributed by atoms with Crippen molar-refractivity contribution in [3.05, 3.63) is 82.3 Å². The SMILES string of the molecule is C=N/C=C(C#Cc1ccccc1)\C=C(\C)C(=O)C(=C)/C(Cl)=C(/N)N(C)CC1CCOCC1. The Kier molecular flexibility index (Phi) is 10.0. The monoisotopic (exact) mass is 451 g/mol. The number of aliphatic imine (C=N–C) groups is 1. The van der Waals surface area contributed by atoms with Crippen molar-refractivity contribution in [2.75, 3.05) is 26.8 Å². The minimum absolute atomic E-state index is 0.138. The molecule has 2 rings (SSSR count). The largest absolute Gasteiger partial charge is 0.384 e. The van der Waals surface area contributed by atoms with Crippen LogP contribution in [0.5, 0.6) is 0 Å². The molecule has 0 aromatic heterocycles. The fourth-order valence-corrected chi connectivity index (χ4v) is 3.47. The molecule has 2 N–H and O–H groups in total. The number of ether oxygens (including phenoxy) is 1. The van der Waals surface area contributed by atoms with Gasteiger partial charge in [-0.1, -0.05) is 48.2 Å². The van der Waals surface area contributed by atoms with Crippen molar-refractivity contribution in [1.29, 1.82) is 0 Å². The van der Waals surface area contributed by atoms with Gasteiger partial charge in [-0.25, -0.2) is 0 Å². The Morgan fingerprint density at radius 3 is 2.62 bits per heavy atom. The van der Waals surface area contributed by atoms with Crippen LogP contribution in [0, 0.1) is 17.8 Å². The van der Waals surface area contributed by atoms with Gasteiger partial charge in [-0.05, 0) is 56.2 Å². The number of nitrogens with two attached hydrogens (primary N) is 1. The predicted molar refractivity (Wildman–Crippen MR) is 132 cm³/mol. The van der Waals surface area contributed by atoms with E-state index in [4.69, 9.17) is 22.1 Å². The molecular weight excluding hydrogens is 422 g/mol. The highest BCUT2D eigenvalue weighted by molar-refractivity contribution is 6.36. The highest BCUT2D eigenvalue weighted by Gasteiger charge is 2.20. The van der Waals surface area contributed by atoms with Crippen LogP contribution in [-0.2, 0) is 9.53 Å². The Hall–Kier alpha value is -3.07. The molecule has 0 unspecified atom stereocenters. The maximum Gasteiger partial charge on any atom is 0.189 e. The van der Waals surface area contributed by atoms with Crippen molar-refractivity contribution in [2.24, 2.45) is 16.6 Å². The van der Waals surface area contributed by atoms with Gasteiger partial charge in [-0.15, -0.1) is 0 Å². The summed E-state index contributed by atoms with van der Waals surface area (Å²) in [4.78, 5) is 18.6. The lowest BCUT2D eigenvalue weighted by Gasteiger charge is -2.29. The lowest BCUT2D eigenvalue weighted by Crippen LogP contribution is -2.33. The molecule has 1 saturated heterocycles. The number of halogens is 1. The van der Waals surface area contributed by atoms with Crippen molar-refractivity contribution in [2.45, 2.75) is 19.8 Å². The number of ketones is 1. The van der Waals surface area contributed by atoms with Crippen LogP contribution in [0.2, 0.25) is 0 Å². The zero-order valence-electron chi connectivity index (χ0n) is 18.7. The van der Waals surface area contributed by atoms with Crippen LogP contribution in [0.15, 0.2) is 81.8 Å². The van der Waals surface area contributed by atoms with Crippen molar-refractivity contribution in [3.8, 4) is 11.8 Å². The van der Waals surface area contributed by atoms with E-state index in [-0.39, 0.29) is 16.4 Å². The summed E-state index contributed by atoms with van der Waals surface area (Å²) in [6, 6.07) is 9.54. The van der Waals surface area contributed by atoms with Crippen LogP contribution in [0.1, 0.15) is 25.3 Å². The van der Waals surface area contributed by atoms with Crippen molar-refractivity contribution >= 4 is 24.1 Å². The first-order valence-corrected chi connectivity index (χ1v) is 10.8. The van der Waals surface area contributed by atoms with Gasteiger partial charge < -0.3 is 15.4 Å². The number of nitrogens with zero attached hydrogens (tertiary/aromatic N) is 2. The molecule has 0 amide bonds. The molecule has 1 aliphatic rings. The number of rotatable bonds is 8. The third-order valence-corrected chi connectivity index (χ3v) is 5.56. The van der Waals surface area contributed by atoms with Gasteiger partial charge in [0.25, 0.3) is 0 Å². The molecule has 0 radical (unpaired) electrons. The molecule has 0 bridgehead atoms. The Morgan fingerprint density at radius 2 is 2.00 bits per heavy atom. The van der Waals surface area contributed by atoms with Gasteiger partial charge in [0.05, 0.1) is 5.03 Å². The highest BCUT2D eigenvalue weighted by Crippen LogP contribution is 2.23. The molecule has 5 nitrogen and oxygen atoms in total. The summed E-state index contributed by atoms with van der Waals surface area (Å²) in [5.74, 6) is 6.55. The van der Waals surface area contributed by atoms with E-state index >= 15 is 0 Å². The van der Waals surface area contributed by atoms with Crippen LogP contribution in [0.4, 0.5) is 0 Å². The number of allylic oxidation sites excluding steroid dienone is 5. The number of carbonyl (C=O) groups excluding carboxylic acids is 1. The standard InChI is InChI=1S/C26H30ClN3O2/c1-19(16-23(17-29-3)11-10-21-8-6-5-7-9-21)25(31)20(2)24(27)26(28)30(4)18-22-12-14-32-15-13-22/h5-9,16-17,22H,2-3,12-15,18,28H2,1,4H3/b19-16-,23-17-,26-24+. The second kappa shape index (κ2) is 12.7. The first kappa shape index (κ1) is 25.2. The fraction of sp³-hybridized carbons (Fsp3) is 0.308. The molecule has 6 heteroatoms. The Labute approximate surface area is 196 Å².